The number of rotatable bonds is 4. The van der Waals surface area contributed by atoms with Gasteiger partial charge in [0, 0.05) is 17.4 Å². The zero-order valence-electron chi connectivity index (χ0n) is 17.5. The number of benzene rings is 2. The molecule has 1 fully saturated rings. The van der Waals surface area contributed by atoms with Crippen LogP contribution in [0.25, 0.3) is 22.2 Å². The monoisotopic (exact) mass is 425 g/mol. The van der Waals surface area contributed by atoms with Crippen molar-refractivity contribution in [3.63, 3.8) is 0 Å². The molecule has 1 aliphatic carbocycles. The summed E-state index contributed by atoms with van der Waals surface area (Å²) < 4.78 is 44.3. The molecule has 1 atom stereocenters. The average Bonchev–Trinajstić information content (AvgIpc) is 3.41. The number of nitrogens with zero attached hydrogens (tertiary/aromatic N) is 2. The normalized spacial score (nSPS) is 15.5. The van der Waals surface area contributed by atoms with Crippen LogP contribution in [0.5, 0.6) is 0 Å². The largest absolute Gasteiger partial charge is 0.416 e. The number of aryl methyl sites for hydroxylation is 2. The van der Waals surface area contributed by atoms with E-state index in [-0.39, 0.29) is 5.92 Å². The van der Waals surface area contributed by atoms with Crippen molar-refractivity contribution in [3.05, 3.63) is 70.4 Å². The molecule has 1 N–H and O–H groups in total. The first-order chi connectivity index (χ1) is 14.7. The number of alkyl halides is 3. The summed E-state index contributed by atoms with van der Waals surface area (Å²) in [4.78, 5) is 8.32. The third-order valence-electron chi connectivity index (χ3n) is 6.13. The maximum atomic E-state index is 13.0. The van der Waals surface area contributed by atoms with Gasteiger partial charge in [-0.05, 0) is 67.6 Å². The Labute approximate surface area is 177 Å². The average molecular weight is 425 g/mol. The highest BCUT2D eigenvalue weighted by Gasteiger charge is 2.31. The Hall–Kier alpha value is -3.09. The Balaban J connectivity index is 1.65. The van der Waals surface area contributed by atoms with Gasteiger partial charge in [-0.1, -0.05) is 24.2 Å². The van der Waals surface area contributed by atoms with E-state index in [0.29, 0.717) is 5.92 Å². The molecule has 5 rings (SSSR count). The molecular weight excluding hydrogens is 403 g/mol. The summed E-state index contributed by atoms with van der Waals surface area (Å²) in [5.74, 6) is 2.04. The number of aromatic amines is 1. The fraction of sp³-hybridized carbons (Fsp3) is 0.333. The van der Waals surface area contributed by atoms with Crippen LogP contribution >= 0.6 is 0 Å². The molecule has 2 heterocycles. The topological polar surface area (TPSA) is 54.7 Å². The molecule has 0 aliphatic heterocycles. The molecule has 1 unspecified atom stereocenters. The van der Waals surface area contributed by atoms with E-state index < -0.39 is 11.7 Å². The number of aromatic nitrogens is 3. The van der Waals surface area contributed by atoms with Crippen LogP contribution < -0.4 is 0 Å². The van der Waals surface area contributed by atoms with Gasteiger partial charge in [0.2, 0.25) is 0 Å². The van der Waals surface area contributed by atoms with E-state index in [4.69, 9.17) is 9.51 Å². The van der Waals surface area contributed by atoms with Crippen LogP contribution in [0, 0.1) is 13.8 Å². The first kappa shape index (κ1) is 19.8. The van der Waals surface area contributed by atoms with Crippen LogP contribution in [0.3, 0.4) is 0 Å². The minimum Gasteiger partial charge on any atom is -0.361 e. The van der Waals surface area contributed by atoms with Crippen LogP contribution in [-0.2, 0) is 6.18 Å². The van der Waals surface area contributed by atoms with Gasteiger partial charge in [-0.25, -0.2) is 4.98 Å². The summed E-state index contributed by atoms with van der Waals surface area (Å²) in [6, 6.07) is 9.51. The summed E-state index contributed by atoms with van der Waals surface area (Å²) >= 11 is 0. The zero-order valence-corrected chi connectivity index (χ0v) is 17.5. The molecular formula is C24H22F3N3O. The van der Waals surface area contributed by atoms with Crippen molar-refractivity contribution in [1.29, 1.82) is 0 Å². The van der Waals surface area contributed by atoms with E-state index in [0.717, 1.165) is 75.5 Å². The number of hydrogen-bond donors (Lipinski definition) is 1. The fourth-order valence-electron chi connectivity index (χ4n) is 4.23. The molecule has 1 aliphatic rings. The van der Waals surface area contributed by atoms with Crippen LogP contribution in [-0.4, -0.2) is 15.1 Å². The Morgan fingerprint density at radius 1 is 1.10 bits per heavy atom. The van der Waals surface area contributed by atoms with E-state index in [2.05, 4.69) is 16.2 Å². The second kappa shape index (κ2) is 6.97. The molecule has 2 aromatic carbocycles. The van der Waals surface area contributed by atoms with E-state index in [9.17, 15) is 13.2 Å². The standard InChI is InChI=1S/C24H22F3N3O/c1-12(15-6-8-18(9-7-15)24(25,26)27)19-10-17(21-13(2)30-31-14(21)3)11-20-22(19)29-23(28-20)16-4-5-16/h6-12,16H,4-5H2,1-3H3,(H,28,29). The summed E-state index contributed by atoms with van der Waals surface area (Å²) in [5, 5.41) is 4.07. The first-order valence-electron chi connectivity index (χ1n) is 10.4. The van der Waals surface area contributed by atoms with Crippen LogP contribution in [0.2, 0.25) is 0 Å². The number of fused-ring (bicyclic) bond motifs is 1. The number of imidazole rings is 1. The van der Waals surface area contributed by atoms with Crippen molar-refractivity contribution < 1.29 is 17.7 Å². The quantitative estimate of drug-likeness (QED) is 0.388. The van der Waals surface area contributed by atoms with E-state index >= 15 is 0 Å². The Kier molecular flexibility index (Phi) is 4.46. The number of hydrogen-bond acceptors (Lipinski definition) is 3. The Morgan fingerprint density at radius 3 is 2.39 bits per heavy atom. The highest BCUT2D eigenvalue weighted by Crippen LogP contribution is 2.42. The molecule has 0 spiro atoms. The third kappa shape index (κ3) is 3.52. The van der Waals surface area contributed by atoms with Gasteiger partial charge in [0.05, 0.1) is 22.3 Å². The van der Waals surface area contributed by atoms with Crippen LogP contribution in [0.4, 0.5) is 13.2 Å². The molecule has 31 heavy (non-hydrogen) atoms. The molecule has 1 saturated carbocycles. The molecule has 0 saturated heterocycles. The van der Waals surface area contributed by atoms with Gasteiger partial charge in [0.15, 0.2) is 0 Å². The predicted octanol–water partition coefficient (Wildman–Crippen LogP) is 6.88. The minimum absolute atomic E-state index is 0.127. The molecule has 4 aromatic rings. The van der Waals surface area contributed by atoms with Gasteiger partial charge >= 0.3 is 6.18 Å². The molecule has 160 valence electrons. The van der Waals surface area contributed by atoms with E-state index in [1.165, 1.54) is 0 Å². The summed E-state index contributed by atoms with van der Waals surface area (Å²) in [5.41, 5.74) is 5.63. The van der Waals surface area contributed by atoms with Gasteiger partial charge < -0.3 is 9.51 Å². The zero-order chi connectivity index (χ0) is 21.9. The van der Waals surface area contributed by atoms with E-state index in [1.807, 2.05) is 26.8 Å². The minimum atomic E-state index is -4.35. The maximum Gasteiger partial charge on any atom is 0.416 e. The molecule has 4 nitrogen and oxygen atoms in total. The van der Waals surface area contributed by atoms with Crippen molar-refractivity contribution in [3.8, 4) is 11.1 Å². The van der Waals surface area contributed by atoms with Crippen molar-refractivity contribution in [2.24, 2.45) is 0 Å². The predicted molar refractivity (Wildman–Crippen MR) is 112 cm³/mol. The lowest BCUT2D eigenvalue weighted by Crippen LogP contribution is -2.05. The van der Waals surface area contributed by atoms with Crippen LogP contribution in [0.1, 0.15) is 65.6 Å². The summed E-state index contributed by atoms with van der Waals surface area (Å²) in [7, 11) is 0. The number of halogens is 3. The van der Waals surface area contributed by atoms with Crippen molar-refractivity contribution in [2.75, 3.05) is 0 Å². The lowest BCUT2D eigenvalue weighted by atomic mass is 9.89. The van der Waals surface area contributed by atoms with Gasteiger partial charge in [-0.3, -0.25) is 0 Å². The number of H-pyrrole nitrogens is 1. The summed E-state index contributed by atoms with van der Waals surface area (Å²) in [6.07, 6.45) is -2.10. The van der Waals surface area contributed by atoms with Crippen molar-refractivity contribution in [1.82, 2.24) is 15.1 Å². The van der Waals surface area contributed by atoms with Gasteiger partial charge in [0.1, 0.15) is 11.6 Å². The smallest absolute Gasteiger partial charge is 0.361 e. The molecule has 2 aromatic heterocycles. The SMILES string of the molecule is Cc1noc(C)c1-c1cc(C(C)c2ccc(C(F)(F)F)cc2)c2[nH]c(C3CC3)nc2c1. The third-order valence-corrected chi connectivity index (χ3v) is 6.13. The van der Waals surface area contributed by atoms with Crippen LogP contribution in [0.15, 0.2) is 40.9 Å². The molecule has 0 amide bonds. The van der Waals surface area contributed by atoms with Gasteiger partial charge in [0.25, 0.3) is 0 Å². The highest BCUT2D eigenvalue weighted by molar-refractivity contribution is 5.87. The highest BCUT2D eigenvalue weighted by atomic mass is 19.4. The van der Waals surface area contributed by atoms with E-state index in [1.54, 1.807) is 12.1 Å². The van der Waals surface area contributed by atoms with Crippen molar-refractivity contribution in [2.45, 2.75) is 51.6 Å². The molecule has 0 radical (unpaired) electrons. The fourth-order valence-corrected chi connectivity index (χ4v) is 4.23. The Morgan fingerprint density at radius 2 is 1.81 bits per heavy atom. The van der Waals surface area contributed by atoms with Gasteiger partial charge in [-0.15, -0.1) is 0 Å². The maximum absolute atomic E-state index is 13.0. The number of nitrogens with one attached hydrogen (secondary N) is 1. The molecule has 0 bridgehead atoms. The molecule has 7 heteroatoms. The second-order valence-corrected chi connectivity index (χ2v) is 8.40. The Bertz CT molecular complexity index is 1240. The lowest BCUT2D eigenvalue weighted by molar-refractivity contribution is -0.137. The lowest BCUT2D eigenvalue weighted by Gasteiger charge is -2.16. The first-order valence-corrected chi connectivity index (χ1v) is 10.4. The summed E-state index contributed by atoms with van der Waals surface area (Å²) in [6.45, 7) is 5.78. The van der Waals surface area contributed by atoms with Gasteiger partial charge in [-0.2, -0.15) is 13.2 Å². The van der Waals surface area contributed by atoms with Crippen molar-refractivity contribution >= 4 is 11.0 Å². The second-order valence-electron chi connectivity index (χ2n) is 8.40.